The lowest BCUT2D eigenvalue weighted by atomic mass is 10.2. The van der Waals surface area contributed by atoms with E-state index in [4.69, 9.17) is 4.74 Å². The van der Waals surface area contributed by atoms with Crippen molar-refractivity contribution in [2.45, 2.75) is 20.8 Å². The number of carbonyl (C=O) groups is 1. The summed E-state index contributed by atoms with van der Waals surface area (Å²) in [5.41, 5.74) is 4.53. The summed E-state index contributed by atoms with van der Waals surface area (Å²) in [7, 11) is 0. The van der Waals surface area contributed by atoms with Crippen molar-refractivity contribution >= 4 is 11.6 Å². The molecule has 0 aliphatic carbocycles. The summed E-state index contributed by atoms with van der Waals surface area (Å²) >= 11 is 0. The third-order valence-electron chi connectivity index (χ3n) is 3.95. The van der Waals surface area contributed by atoms with E-state index < -0.39 is 0 Å². The fourth-order valence-corrected chi connectivity index (χ4v) is 2.60. The second-order valence-corrected chi connectivity index (χ2v) is 5.94. The molecular weight excluding hydrogens is 314 g/mol. The molecule has 25 heavy (non-hydrogen) atoms. The van der Waals surface area contributed by atoms with Gasteiger partial charge in [-0.15, -0.1) is 0 Å². The van der Waals surface area contributed by atoms with Crippen LogP contribution < -0.4 is 10.1 Å². The van der Waals surface area contributed by atoms with E-state index in [1.54, 1.807) is 0 Å². The predicted octanol–water partition coefficient (Wildman–Crippen LogP) is 3.82. The quantitative estimate of drug-likeness (QED) is 0.771. The minimum atomic E-state index is -0.210. The van der Waals surface area contributed by atoms with Crippen LogP contribution in [0, 0.1) is 20.8 Å². The minimum Gasteiger partial charge on any atom is -0.484 e. The number of hydrogen-bond donors (Lipinski definition) is 1. The van der Waals surface area contributed by atoms with Crippen LogP contribution in [0.2, 0.25) is 0 Å². The van der Waals surface area contributed by atoms with Crippen LogP contribution in [0.25, 0.3) is 5.69 Å². The number of benzene rings is 2. The van der Waals surface area contributed by atoms with Crippen molar-refractivity contribution in [2.24, 2.45) is 0 Å². The average molecular weight is 335 g/mol. The van der Waals surface area contributed by atoms with Gasteiger partial charge in [-0.05, 0) is 45.0 Å². The fourth-order valence-electron chi connectivity index (χ4n) is 2.60. The molecule has 5 nitrogen and oxygen atoms in total. The number of rotatable bonds is 5. The molecule has 0 atom stereocenters. The molecule has 1 heterocycles. The first-order valence-corrected chi connectivity index (χ1v) is 8.15. The summed E-state index contributed by atoms with van der Waals surface area (Å²) in [5.74, 6) is 0.458. The van der Waals surface area contributed by atoms with Crippen molar-refractivity contribution in [1.29, 1.82) is 0 Å². The van der Waals surface area contributed by atoms with E-state index in [0.717, 1.165) is 22.8 Å². The first kappa shape index (κ1) is 16.8. The van der Waals surface area contributed by atoms with Crippen LogP contribution in [-0.2, 0) is 4.79 Å². The summed E-state index contributed by atoms with van der Waals surface area (Å²) < 4.78 is 7.32. The molecule has 0 radical (unpaired) electrons. The number of aryl methyl sites for hydroxylation is 2. The lowest BCUT2D eigenvalue weighted by molar-refractivity contribution is -0.118. The van der Waals surface area contributed by atoms with Crippen LogP contribution in [0.5, 0.6) is 5.75 Å². The van der Waals surface area contributed by atoms with Crippen LogP contribution in [-0.4, -0.2) is 22.3 Å². The predicted molar refractivity (Wildman–Crippen MR) is 98.3 cm³/mol. The summed E-state index contributed by atoms with van der Waals surface area (Å²) in [6.45, 7) is 5.82. The molecule has 0 saturated carbocycles. The normalized spacial score (nSPS) is 10.5. The Morgan fingerprint density at radius 1 is 1.04 bits per heavy atom. The first-order chi connectivity index (χ1) is 12.0. The van der Waals surface area contributed by atoms with Crippen molar-refractivity contribution in [3.05, 3.63) is 71.5 Å². The van der Waals surface area contributed by atoms with E-state index in [9.17, 15) is 4.79 Å². The zero-order valence-corrected chi connectivity index (χ0v) is 14.6. The van der Waals surface area contributed by atoms with Crippen molar-refractivity contribution in [3.63, 3.8) is 0 Å². The summed E-state index contributed by atoms with van der Waals surface area (Å²) in [6.07, 6.45) is 0. The van der Waals surface area contributed by atoms with Crippen LogP contribution in [0.1, 0.15) is 17.0 Å². The summed E-state index contributed by atoms with van der Waals surface area (Å²) in [6, 6.07) is 17.4. The second kappa shape index (κ2) is 7.21. The maximum absolute atomic E-state index is 12.2. The molecule has 0 bridgehead atoms. The van der Waals surface area contributed by atoms with Gasteiger partial charge in [0.1, 0.15) is 5.75 Å². The third-order valence-corrected chi connectivity index (χ3v) is 3.95. The number of para-hydroxylation sites is 1. The zero-order valence-electron chi connectivity index (χ0n) is 14.6. The van der Waals surface area contributed by atoms with Gasteiger partial charge in [0.05, 0.1) is 22.8 Å². The Morgan fingerprint density at radius 3 is 2.40 bits per heavy atom. The van der Waals surface area contributed by atoms with E-state index in [0.29, 0.717) is 5.75 Å². The molecule has 0 aliphatic heterocycles. The highest BCUT2D eigenvalue weighted by Crippen LogP contribution is 2.23. The molecule has 3 rings (SSSR count). The van der Waals surface area contributed by atoms with Crippen LogP contribution in [0.3, 0.4) is 0 Å². The van der Waals surface area contributed by atoms with Gasteiger partial charge in [0.15, 0.2) is 6.61 Å². The van der Waals surface area contributed by atoms with E-state index in [2.05, 4.69) is 10.4 Å². The molecule has 0 fully saturated rings. The number of ether oxygens (including phenoxy) is 1. The first-order valence-electron chi connectivity index (χ1n) is 8.15. The largest absolute Gasteiger partial charge is 0.484 e. The van der Waals surface area contributed by atoms with Crippen molar-refractivity contribution < 1.29 is 9.53 Å². The van der Waals surface area contributed by atoms with Gasteiger partial charge >= 0.3 is 0 Å². The molecule has 1 N–H and O–H groups in total. The molecule has 1 aromatic heterocycles. The molecule has 3 aromatic rings. The van der Waals surface area contributed by atoms with E-state index >= 15 is 0 Å². The number of carbonyl (C=O) groups excluding carboxylic acids is 1. The Labute approximate surface area is 147 Å². The van der Waals surface area contributed by atoms with Crippen molar-refractivity contribution in [1.82, 2.24) is 9.78 Å². The Balaban J connectivity index is 1.72. The van der Waals surface area contributed by atoms with Gasteiger partial charge in [-0.2, -0.15) is 5.10 Å². The smallest absolute Gasteiger partial charge is 0.262 e. The highest BCUT2D eigenvalue weighted by molar-refractivity contribution is 5.93. The number of amides is 1. The maximum Gasteiger partial charge on any atom is 0.262 e. The lowest BCUT2D eigenvalue weighted by Crippen LogP contribution is -2.20. The Hall–Kier alpha value is -3.08. The molecule has 0 saturated heterocycles. The standard InChI is InChI=1S/C20H21N3O2/c1-14-9-11-17(12-10-14)23-16(3)20(15(2)22-23)21-19(24)13-25-18-7-5-4-6-8-18/h4-12H,13H2,1-3H3,(H,21,24). The van der Waals surface area contributed by atoms with Crippen LogP contribution in [0.15, 0.2) is 54.6 Å². The molecular formula is C20H21N3O2. The molecule has 2 aromatic carbocycles. The van der Waals surface area contributed by atoms with Crippen molar-refractivity contribution in [2.75, 3.05) is 11.9 Å². The van der Waals surface area contributed by atoms with Gasteiger partial charge in [-0.1, -0.05) is 35.9 Å². The third kappa shape index (κ3) is 3.88. The van der Waals surface area contributed by atoms with Gasteiger partial charge < -0.3 is 10.1 Å². The second-order valence-electron chi connectivity index (χ2n) is 5.94. The Bertz CT molecular complexity index is 868. The minimum absolute atomic E-state index is 0.0431. The number of hydrogen-bond acceptors (Lipinski definition) is 3. The molecule has 0 spiro atoms. The zero-order chi connectivity index (χ0) is 17.8. The van der Waals surface area contributed by atoms with Gasteiger partial charge in [0, 0.05) is 0 Å². The van der Waals surface area contributed by atoms with E-state index in [1.807, 2.05) is 80.1 Å². The monoisotopic (exact) mass is 335 g/mol. The SMILES string of the molecule is Cc1ccc(-n2nc(C)c(NC(=O)COc3ccccc3)c2C)cc1. The number of anilines is 1. The molecule has 0 unspecified atom stereocenters. The number of aromatic nitrogens is 2. The molecule has 0 aliphatic rings. The van der Waals surface area contributed by atoms with E-state index in [-0.39, 0.29) is 12.5 Å². The van der Waals surface area contributed by atoms with Gasteiger partial charge in [0.25, 0.3) is 5.91 Å². The van der Waals surface area contributed by atoms with Crippen molar-refractivity contribution in [3.8, 4) is 11.4 Å². The molecule has 5 heteroatoms. The number of nitrogens with zero attached hydrogens (tertiary/aromatic N) is 2. The highest BCUT2D eigenvalue weighted by atomic mass is 16.5. The molecule has 1 amide bonds. The molecule has 128 valence electrons. The highest BCUT2D eigenvalue weighted by Gasteiger charge is 2.15. The van der Waals surface area contributed by atoms with Crippen LogP contribution in [0.4, 0.5) is 5.69 Å². The average Bonchev–Trinajstić information content (AvgIpc) is 2.90. The summed E-state index contributed by atoms with van der Waals surface area (Å²) in [5, 5.41) is 7.45. The fraction of sp³-hybridized carbons (Fsp3) is 0.200. The van der Waals surface area contributed by atoms with Crippen LogP contribution >= 0.6 is 0 Å². The van der Waals surface area contributed by atoms with Gasteiger partial charge in [-0.3, -0.25) is 4.79 Å². The van der Waals surface area contributed by atoms with Gasteiger partial charge in [-0.25, -0.2) is 4.68 Å². The lowest BCUT2D eigenvalue weighted by Gasteiger charge is -2.08. The maximum atomic E-state index is 12.2. The Morgan fingerprint density at radius 2 is 1.72 bits per heavy atom. The Kier molecular flexibility index (Phi) is 4.84. The van der Waals surface area contributed by atoms with E-state index in [1.165, 1.54) is 5.56 Å². The summed E-state index contributed by atoms with van der Waals surface area (Å²) in [4.78, 5) is 12.2. The topological polar surface area (TPSA) is 56.2 Å². The number of nitrogens with one attached hydrogen (secondary N) is 1. The van der Waals surface area contributed by atoms with Gasteiger partial charge in [0.2, 0.25) is 0 Å².